The lowest BCUT2D eigenvalue weighted by Crippen LogP contribution is -2.32. The minimum atomic E-state index is -1.12. The Balaban J connectivity index is 4.17. The Morgan fingerprint density at radius 1 is 0.344 bits per heavy atom. The Kier molecular flexibility index (Phi) is 30.0. The standard InChI is InChI=1S/C39H52O25/c1-7-53-22-58-34(46)20-38(50)63-26(4)24(2)61-36(48)18-31(43)56-14-10-8-12-54-29(41)17-30(42)55-13-9-11-15-57-32(44)19-37(49)62-25(3)27(5)64-39(51)21-35(47)60-23-59-33(45)16-28(40)52-6/h8-11,24-27H,7,12-23H2,1-6H3/b10-8-,11-9-. The van der Waals surface area contributed by atoms with E-state index in [1.165, 1.54) is 52.0 Å². The van der Waals surface area contributed by atoms with Crippen molar-refractivity contribution in [1.82, 2.24) is 0 Å². The second-order valence-electron chi connectivity index (χ2n) is 12.4. The number of carbonyl (C=O) groups is 12. The molecule has 0 amide bonds. The molecule has 0 N–H and O–H groups in total. The molecule has 25 nitrogen and oxygen atoms in total. The molecule has 0 aromatic heterocycles. The summed E-state index contributed by atoms with van der Waals surface area (Å²) in [5.74, 6) is -11.7. The van der Waals surface area contributed by atoms with Crippen molar-refractivity contribution in [2.45, 2.75) is 97.6 Å². The van der Waals surface area contributed by atoms with Crippen LogP contribution >= 0.6 is 0 Å². The van der Waals surface area contributed by atoms with Crippen LogP contribution in [0.5, 0.6) is 0 Å². The molecular weight excluding hydrogens is 868 g/mol. The van der Waals surface area contributed by atoms with Crippen molar-refractivity contribution in [1.29, 1.82) is 0 Å². The van der Waals surface area contributed by atoms with Crippen LogP contribution in [0.25, 0.3) is 0 Å². The van der Waals surface area contributed by atoms with Gasteiger partial charge in [-0.2, -0.15) is 0 Å². The lowest BCUT2D eigenvalue weighted by Gasteiger charge is -2.20. The maximum Gasteiger partial charge on any atom is 0.320 e. The molecule has 0 bridgehead atoms. The van der Waals surface area contributed by atoms with Crippen LogP contribution in [0.3, 0.4) is 0 Å². The number of esters is 12. The van der Waals surface area contributed by atoms with Crippen LogP contribution in [0.2, 0.25) is 0 Å². The van der Waals surface area contributed by atoms with E-state index in [0.29, 0.717) is 6.61 Å². The molecule has 25 heteroatoms. The fourth-order valence-corrected chi connectivity index (χ4v) is 3.70. The number of carbonyl (C=O) groups excluding carboxylic acids is 12. The van der Waals surface area contributed by atoms with E-state index in [4.69, 9.17) is 42.6 Å². The van der Waals surface area contributed by atoms with Gasteiger partial charge in [-0.25, -0.2) is 0 Å². The zero-order valence-electron chi connectivity index (χ0n) is 36.0. The van der Waals surface area contributed by atoms with Gasteiger partial charge in [0.1, 0.15) is 89.4 Å². The lowest BCUT2D eigenvalue weighted by atomic mass is 10.2. The summed E-state index contributed by atoms with van der Waals surface area (Å²) >= 11 is 0. The first-order chi connectivity index (χ1) is 30.2. The second-order valence-corrected chi connectivity index (χ2v) is 12.4. The maximum absolute atomic E-state index is 12.1. The molecule has 0 radical (unpaired) electrons. The average Bonchev–Trinajstić information content (AvgIpc) is 3.19. The molecule has 0 aromatic carbocycles. The predicted octanol–water partition coefficient (Wildman–Crippen LogP) is 0.0931. The van der Waals surface area contributed by atoms with Gasteiger partial charge in [-0.15, -0.1) is 0 Å². The summed E-state index contributed by atoms with van der Waals surface area (Å²) in [5, 5.41) is 0. The van der Waals surface area contributed by atoms with Crippen LogP contribution in [0, 0.1) is 0 Å². The van der Waals surface area contributed by atoms with Gasteiger partial charge < -0.3 is 61.6 Å². The lowest BCUT2D eigenvalue weighted by molar-refractivity contribution is -0.175. The van der Waals surface area contributed by atoms with Crippen LogP contribution in [0.1, 0.15) is 73.1 Å². The highest BCUT2D eigenvalue weighted by molar-refractivity contribution is 5.94. The summed E-state index contributed by atoms with van der Waals surface area (Å²) in [6, 6.07) is 0. The highest BCUT2D eigenvalue weighted by Gasteiger charge is 2.25. The van der Waals surface area contributed by atoms with Gasteiger partial charge in [0.05, 0.1) is 7.11 Å². The molecule has 4 atom stereocenters. The Morgan fingerprint density at radius 2 is 0.578 bits per heavy atom. The molecule has 0 spiro atoms. The van der Waals surface area contributed by atoms with Crippen molar-refractivity contribution in [2.24, 2.45) is 0 Å². The number of rotatable bonds is 31. The molecule has 0 rings (SSSR count). The smallest absolute Gasteiger partial charge is 0.320 e. The molecule has 0 aliphatic rings. The average molecular weight is 921 g/mol. The molecule has 0 aromatic rings. The van der Waals surface area contributed by atoms with Crippen molar-refractivity contribution in [3.05, 3.63) is 24.3 Å². The number of hydrogen-bond acceptors (Lipinski definition) is 25. The van der Waals surface area contributed by atoms with Gasteiger partial charge in [0, 0.05) is 6.61 Å². The summed E-state index contributed by atoms with van der Waals surface area (Å²) in [6.45, 7) is 5.12. The minimum absolute atomic E-state index is 0.294. The molecule has 0 aliphatic carbocycles. The highest BCUT2D eigenvalue weighted by Crippen LogP contribution is 2.09. The zero-order chi connectivity index (χ0) is 48.5. The molecular formula is C39H52O25. The topological polar surface area (TPSA) is 325 Å². The molecule has 4 unspecified atom stereocenters. The van der Waals surface area contributed by atoms with E-state index < -0.39 is 141 Å². The van der Waals surface area contributed by atoms with E-state index in [0.717, 1.165) is 7.11 Å². The van der Waals surface area contributed by atoms with E-state index in [1.54, 1.807) is 6.92 Å². The van der Waals surface area contributed by atoms with E-state index in [-0.39, 0.29) is 33.2 Å². The molecule has 0 fully saturated rings. The molecule has 0 aliphatic heterocycles. The SMILES string of the molecule is CCOCOC(=O)CC(=O)OC(C)C(C)OC(=O)CC(=O)OC/C=C\COC(=O)CC(=O)OC/C=C\COC(=O)CC(=O)OC(C)C(C)OC(=O)CC(=O)OCOC(=O)CC(=O)OC. The van der Waals surface area contributed by atoms with Gasteiger partial charge in [-0.1, -0.05) is 0 Å². The number of hydrogen-bond donors (Lipinski definition) is 0. The third-order valence-electron chi connectivity index (χ3n) is 7.19. The van der Waals surface area contributed by atoms with E-state index in [1.807, 2.05) is 0 Å². The number of methoxy groups -OCH3 is 1. The monoisotopic (exact) mass is 920 g/mol. The van der Waals surface area contributed by atoms with Crippen LogP contribution < -0.4 is 0 Å². The van der Waals surface area contributed by atoms with Gasteiger partial charge in [0.15, 0.2) is 6.79 Å². The molecule has 0 saturated heterocycles. The first kappa shape index (κ1) is 57.1. The van der Waals surface area contributed by atoms with Crippen molar-refractivity contribution in [3.8, 4) is 0 Å². The second kappa shape index (κ2) is 33.7. The summed E-state index contributed by atoms with van der Waals surface area (Å²) in [6.07, 6.45) is -3.45. The first-order valence-corrected chi connectivity index (χ1v) is 19.1. The predicted molar refractivity (Wildman–Crippen MR) is 204 cm³/mol. The van der Waals surface area contributed by atoms with Gasteiger partial charge in [-0.05, 0) is 58.9 Å². The molecule has 0 saturated carbocycles. The fourth-order valence-electron chi connectivity index (χ4n) is 3.70. The minimum Gasteiger partial charge on any atom is -0.469 e. The van der Waals surface area contributed by atoms with Gasteiger partial charge in [0.2, 0.25) is 6.79 Å². The van der Waals surface area contributed by atoms with E-state index in [2.05, 4.69) is 18.9 Å². The zero-order valence-corrected chi connectivity index (χ0v) is 36.0. The van der Waals surface area contributed by atoms with Crippen molar-refractivity contribution < 1.29 is 119 Å². The Hall–Kier alpha value is -6.92. The third-order valence-corrected chi connectivity index (χ3v) is 7.19. The molecule has 0 heterocycles. The molecule has 64 heavy (non-hydrogen) atoms. The Bertz CT molecular complexity index is 1660. The third kappa shape index (κ3) is 31.0. The van der Waals surface area contributed by atoms with Crippen molar-refractivity contribution in [2.75, 3.05) is 53.7 Å². The van der Waals surface area contributed by atoms with Crippen LogP contribution in [0.15, 0.2) is 24.3 Å². The van der Waals surface area contributed by atoms with Crippen molar-refractivity contribution in [3.63, 3.8) is 0 Å². The van der Waals surface area contributed by atoms with E-state index >= 15 is 0 Å². The fraction of sp³-hybridized carbons (Fsp3) is 0.590. The highest BCUT2D eigenvalue weighted by atomic mass is 16.7. The molecule has 358 valence electrons. The van der Waals surface area contributed by atoms with Crippen LogP contribution in [-0.4, -0.2) is 150 Å². The van der Waals surface area contributed by atoms with Crippen LogP contribution in [0.4, 0.5) is 0 Å². The normalized spacial score (nSPS) is 12.5. The first-order valence-electron chi connectivity index (χ1n) is 19.1. The Labute approximate surface area is 366 Å². The largest absolute Gasteiger partial charge is 0.469 e. The van der Waals surface area contributed by atoms with Gasteiger partial charge >= 0.3 is 71.6 Å². The summed E-state index contributed by atoms with van der Waals surface area (Å²) < 4.78 is 62.2. The summed E-state index contributed by atoms with van der Waals surface area (Å²) in [7, 11) is 1.06. The number of ether oxygens (including phenoxy) is 13. The van der Waals surface area contributed by atoms with Gasteiger partial charge in [-0.3, -0.25) is 57.5 Å². The van der Waals surface area contributed by atoms with Gasteiger partial charge in [0.25, 0.3) is 0 Å². The summed E-state index contributed by atoms with van der Waals surface area (Å²) in [5.41, 5.74) is 0. The maximum atomic E-state index is 12.1. The van der Waals surface area contributed by atoms with E-state index in [9.17, 15) is 57.5 Å². The summed E-state index contributed by atoms with van der Waals surface area (Å²) in [4.78, 5) is 141. The van der Waals surface area contributed by atoms with Crippen molar-refractivity contribution >= 4 is 71.6 Å². The Morgan fingerprint density at radius 3 is 0.844 bits per heavy atom. The quantitative estimate of drug-likeness (QED) is 0.0222. The van der Waals surface area contributed by atoms with Crippen LogP contribution in [-0.2, 0) is 119 Å².